The zero-order valence-corrected chi connectivity index (χ0v) is 12.6. The van der Waals surface area contributed by atoms with E-state index in [1.54, 1.807) is 0 Å². The number of aromatic amines is 2. The van der Waals surface area contributed by atoms with E-state index in [0.29, 0.717) is 6.07 Å². The maximum Gasteiger partial charge on any atom is 0.314 e. The minimum Gasteiger partial charge on any atom is -0.316 e. The lowest BCUT2D eigenvalue weighted by Crippen LogP contribution is -2.29. The largest absolute Gasteiger partial charge is 0.316 e. The van der Waals surface area contributed by atoms with Crippen molar-refractivity contribution in [2.24, 2.45) is 0 Å². The summed E-state index contributed by atoms with van der Waals surface area (Å²) in [5.41, 5.74) is -1.92. The molecule has 3 rings (SSSR count). The van der Waals surface area contributed by atoms with Crippen LogP contribution < -0.4 is 15.8 Å². The highest BCUT2D eigenvalue weighted by Crippen LogP contribution is 2.21. The Kier molecular flexibility index (Phi) is 3.68. The lowest BCUT2D eigenvalue weighted by Gasteiger charge is -2.09. The molecule has 3 aromatic rings. The summed E-state index contributed by atoms with van der Waals surface area (Å²) in [6.45, 7) is 0. The molecule has 1 heterocycles. The number of sulfonamides is 1. The van der Waals surface area contributed by atoms with E-state index in [1.807, 2.05) is 4.72 Å². The molecule has 0 spiro atoms. The molecule has 0 aliphatic heterocycles. The minimum atomic E-state index is -4.19. The number of H-pyrrole nitrogens is 2. The zero-order valence-electron chi connectivity index (χ0n) is 11.8. The van der Waals surface area contributed by atoms with Crippen molar-refractivity contribution >= 4 is 26.7 Å². The maximum atomic E-state index is 13.6. The Balaban J connectivity index is 2.06. The summed E-state index contributed by atoms with van der Waals surface area (Å²) in [5.74, 6) is -1.92. The van der Waals surface area contributed by atoms with Crippen LogP contribution in [0.2, 0.25) is 0 Å². The summed E-state index contributed by atoms with van der Waals surface area (Å²) in [5, 5.41) is 0. The molecule has 0 bridgehead atoms. The first-order valence-electron chi connectivity index (χ1n) is 6.50. The number of hydrogen-bond acceptors (Lipinski definition) is 4. The molecular formula is C14H9F2N3O4S. The van der Waals surface area contributed by atoms with Gasteiger partial charge in [0.25, 0.3) is 10.0 Å². The molecule has 10 heteroatoms. The van der Waals surface area contributed by atoms with E-state index in [9.17, 15) is 26.8 Å². The zero-order chi connectivity index (χ0) is 17.5. The summed E-state index contributed by atoms with van der Waals surface area (Å²) in [7, 11) is -4.19. The number of hydrogen-bond donors (Lipinski definition) is 3. The summed E-state index contributed by atoms with van der Waals surface area (Å²) in [6.07, 6.45) is 0. The van der Waals surface area contributed by atoms with E-state index in [1.165, 1.54) is 12.1 Å². The van der Waals surface area contributed by atoms with Crippen molar-refractivity contribution in [2.75, 3.05) is 4.72 Å². The predicted molar refractivity (Wildman–Crippen MR) is 82.4 cm³/mol. The smallest absolute Gasteiger partial charge is 0.314 e. The Morgan fingerprint density at radius 2 is 1.54 bits per heavy atom. The van der Waals surface area contributed by atoms with E-state index in [-0.39, 0.29) is 15.9 Å². The van der Waals surface area contributed by atoms with Gasteiger partial charge in [-0.1, -0.05) is 0 Å². The van der Waals surface area contributed by atoms with E-state index in [2.05, 4.69) is 9.97 Å². The molecular weight excluding hydrogens is 344 g/mol. The first-order chi connectivity index (χ1) is 11.3. The highest BCUT2D eigenvalue weighted by Gasteiger charge is 2.17. The van der Waals surface area contributed by atoms with E-state index < -0.39 is 38.5 Å². The van der Waals surface area contributed by atoms with Crippen molar-refractivity contribution in [1.82, 2.24) is 9.97 Å². The van der Waals surface area contributed by atoms with Crippen LogP contribution in [0, 0.1) is 11.6 Å². The van der Waals surface area contributed by atoms with Gasteiger partial charge in [-0.3, -0.25) is 14.3 Å². The Labute approximate surface area is 133 Å². The second kappa shape index (κ2) is 5.57. The van der Waals surface area contributed by atoms with Crippen LogP contribution in [0.25, 0.3) is 11.0 Å². The lowest BCUT2D eigenvalue weighted by atomic mass is 10.3. The summed E-state index contributed by atoms with van der Waals surface area (Å²) < 4.78 is 53.0. The van der Waals surface area contributed by atoms with Gasteiger partial charge in [0.05, 0.1) is 21.6 Å². The average molecular weight is 353 g/mol. The number of nitrogens with one attached hydrogen (secondary N) is 3. The molecule has 0 amide bonds. The fourth-order valence-electron chi connectivity index (χ4n) is 2.04. The van der Waals surface area contributed by atoms with Gasteiger partial charge in [0, 0.05) is 6.07 Å². The van der Waals surface area contributed by atoms with Gasteiger partial charge in [-0.15, -0.1) is 0 Å². The molecule has 0 aliphatic rings. The molecule has 0 unspecified atom stereocenters. The van der Waals surface area contributed by atoms with Gasteiger partial charge in [-0.2, -0.15) is 0 Å². The Morgan fingerprint density at radius 3 is 2.21 bits per heavy atom. The third kappa shape index (κ3) is 2.91. The molecule has 0 radical (unpaired) electrons. The van der Waals surface area contributed by atoms with Crippen molar-refractivity contribution in [3.8, 4) is 0 Å². The van der Waals surface area contributed by atoms with Crippen LogP contribution in [-0.2, 0) is 10.0 Å². The summed E-state index contributed by atoms with van der Waals surface area (Å²) >= 11 is 0. The fourth-order valence-corrected chi connectivity index (χ4v) is 3.13. The van der Waals surface area contributed by atoms with Crippen molar-refractivity contribution < 1.29 is 17.2 Å². The Morgan fingerprint density at radius 1 is 0.875 bits per heavy atom. The number of rotatable bonds is 3. The quantitative estimate of drug-likeness (QED) is 0.616. The van der Waals surface area contributed by atoms with Crippen molar-refractivity contribution in [3.63, 3.8) is 0 Å². The van der Waals surface area contributed by atoms with E-state index in [4.69, 9.17) is 0 Å². The molecule has 2 aromatic carbocycles. The van der Waals surface area contributed by atoms with Gasteiger partial charge in [0.1, 0.15) is 11.6 Å². The van der Waals surface area contributed by atoms with Gasteiger partial charge < -0.3 is 9.97 Å². The van der Waals surface area contributed by atoms with Crippen LogP contribution in [-0.4, -0.2) is 18.4 Å². The lowest BCUT2D eigenvalue weighted by molar-refractivity contribution is 0.583. The number of anilines is 1. The normalized spacial score (nSPS) is 11.6. The Hall–Kier alpha value is -3.01. The van der Waals surface area contributed by atoms with Crippen LogP contribution in [0.5, 0.6) is 0 Å². The summed E-state index contributed by atoms with van der Waals surface area (Å²) in [6, 6.07) is 5.95. The summed E-state index contributed by atoms with van der Waals surface area (Å²) in [4.78, 5) is 26.8. The molecule has 0 atom stereocenters. The monoisotopic (exact) mass is 353 g/mol. The maximum absolute atomic E-state index is 13.6. The molecule has 1 aromatic heterocycles. The Bertz CT molecular complexity index is 1170. The first kappa shape index (κ1) is 15.9. The third-order valence-electron chi connectivity index (χ3n) is 3.18. The van der Waals surface area contributed by atoms with Crippen LogP contribution in [0.1, 0.15) is 0 Å². The van der Waals surface area contributed by atoms with E-state index >= 15 is 0 Å². The first-order valence-corrected chi connectivity index (χ1v) is 7.99. The molecule has 124 valence electrons. The molecule has 3 N–H and O–H groups in total. The highest BCUT2D eigenvalue weighted by molar-refractivity contribution is 7.92. The van der Waals surface area contributed by atoms with Gasteiger partial charge >= 0.3 is 11.1 Å². The minimum absolute atomic E-state index is 0.0852. The second-order valence-electron chi connectivity index (χ2n) is 4.85. The molecule has 0 fully saturated rings. The predicted octanol–water partition coefficient (Wildman–Crippen LogP) is 1.30. The number of halogens is 2. The van der Waals surface area contributed by atoms with Crippen molar-refractivity contribution in [1.29, 1.82) is 0 Å². The second-order valence-corrected chi connectivity index (χ2v) is 6.53. The van der Waals surface area contributed by atoms with Crippen molar-refractivity contribution in [2.45, 2.75) is 4.90 Å². The van der Waals surface area contributed by atoms with Crippen molar-refractivity contribution in [3.05, 3.63) is 68.7 Å². The molecule has 0 saturated carbocycles. The number of aromatic nitrogens is 2. The topological polar surface area (TPSA) is 112 Å². The molecule has 0 aliphatic carbocycles. The average Bonchev–Trinajstić information content (AvgIpc) is 2.51. The van der Waals surface area contributed by atoms with Crippen LogP contribution in [0.3, 0.4) is 0 Å². The number of benzene rings is 2. The van der Waals surface area contributed by atoms with E-state index in [0.717, 1.165) is 18.2 Å². The fraction of sp³-hybridized carbons (Fsp3) is 0. The standard InChI is InChI=1S/C14H9F2N3O4S/c15-7-1-3-10(9(16)5-7)19-24(22,23)8-2-4-11-12(6-8)18-14(21)13(20)17-11/h1-6,19H,(H,17,20)(H,18,21). The molecule has 7 nitrogen and oxygen atoms in total. The molecule has 0 saturated heterocycles. The number of fused-ring (bicyclic) bond motifs is 1. The van der Waals surface area contributed by atoms with Crippen LogP contribution >= 0.6 is 0 Å². The van der Waals surface area contributed by atoms with Gasteiger partial charge in [0.15, 0.2) is 0 Å². The van der Waals surface area contributed by atoms with Gasteiger partial charge in [-0.05, 0) is 30.3 Å². The highest BCUT2D eigenvalue weighted by atomic mass is 32.2. The van der Waals surface area contributed by atoms with Crippen LogP contribution in [0.4, 0.5) is 14.5 Å². The van der Waals surface area contributed by atoms with Gasteiger partial charge in [-0.25, -0.2) is 17.2 Å². The van der Waals surface area contributed by atoms with Gasteiger partial charge in [0.2, 0.25) is 0 Å². The van der Waals surface area contributed by atoms with Crippen LogP contribution in [0.15, 0.2) is 50.9 Å². The molecule has 24 heavy (non-hydrogen) atoms. The third-order valence-corrected chi connectivity index (χ3v) is 4.54. The SMILES string of the molecule is O=c1[nH]c2ccc(S(=O)(=O)Nc3ccc(F)cc3F)cc2[nH]c1=O.